The molecule has 0 aliphatic rings. The zero-order valence-electron chi connectivity index (χ0n) is 12.0. The molecule has 0 aliphatic heterocycles. The third-order valence-electron chi connectivity index (χ3n) is 3.03. The van der Waals surface area contributed by atoms with Crippen molar-refractivity contribution >= 4 is 46.0 Å². The summed E-state index contributed by atoms with van der Waals surface area (Å²) >= 11 is 13.0. The molecule has 0 saturated carbocycles. The van der Waals surface area contributed by atoms with Crippen LogP contribution in [0.5, 0.6) is 0 Å². The van der Waals surface area contributed by atoms with E-state index in [1.165, 1.54) is 4.88 Å². The van der Waals surface area contributed by atoms with Gasteiger partial charge in [0.2, 0.25) is 0 Å². The SMILES string of the molecule is CN(C)C(CNC(=S)Nc1cccc(Cl)c1)c1cccs1. The molecule has 2 rings (SSSR count). The van der Waals surface area contributed by atoms with Crippen LogP contribution in [0, 0.1) is 0 Å². The van der Waals surface area contributed by atoms with Gasteiger partial charge >= 0.3 is 0 Å². The number of benzene rings is 1. The van der Waals surface area contributed by atoms with Crippen molar-refractivity contribution in [1.29, 1.82) is 0 Å². The zero-order chi connectivity index (χ0) is 15.2. The maximum Gasteiger partial charge on any atom is 0.170 e. The van der Waals surface area contributed by atoms with E-state index >= 15 is 0 Å². The minimum atomic E-state index is 0.295. The number of nitrogens with one attached hydrogen (secondary N) is 2. The number of thiocarbonyl (C=S) groups is 1. The Morgan fingerprint density at radius 2 is 2.14 bits per heavy atom. The summed E-state index contributed by atoms with van der Waals surface area (Å²) < 4.78 is 0. The first-order valence-electron chi connectivity index (χ1n) is 6.56. The van der Waals surface area contributed by atoms with Crippen molar-refractivity contribution in [2.75, 3.05) is 26.0 Å². The molecule has 1 atom stereocenters. The highest BCUT2D eigenvalue weighted by Crippen LogP contribution is 2.22. The van der Waals surface area contributed by atoms with Gasteiger partial charge in [-0.2, -0.15) is 0 Å². The lowest BCUT2D eigenvalue weighted by Gasteiger charge is -2.24. The van der Waals surface area contributed by atoms with E-state index in [4.69, 9.17) is 23.8 Å². The molecule has 3 nitrogen and oxygen atoms in total. The van der Waals surface area contributed by atoms with Gasteiger partial charge in [0, 0.05) is 22.1 Å². The quantitative estimate of drug-likeness (QED) is 0.805. The number of hydrogen-bond acceptors (Lipinski definition) is 3. The molecule has 0 saturated heterocycles. The first-order valence-corrected chi connectivity index (χ1v) is 8.23. The standard InChI is InChI=1S/C15H18ClN3S2/c1-19(2)13(14-7-4-8-21-14)10-17-15(20)18-12-6-3-5-11(16)9-12/h3-9,13H,10H2,1-2H3,(H2,17,18,20). The fourth-order valence-electron chi connectivity index (χ4n) is 1.95. The van der Waals surface area contributed by atoms with Crippen LogP contribution in [0.25, 0.3) is 0 Å². The molecule has 1 unspecified atom stereocenters. The van der Waals surface area contributed by atoms with E-state index < -0.39 is 0 Å². The van der Waals surface area contributed by atoms with Crippen molar-refractivity contribution in [3.63, 3.8) is 0 Å². The van der Waals surface area contributed by atoms with E-state index in [-0.39, 0.29) is 0 Å². The van der Waals surface area contributed by atoms with Gasteiger partial charge in [-0.05, 0) is 56.0 Å². The Morgan fingerprint density at radius 3 is 2.76 bits per heavy atom. The highest BCUT2D eigenvalue weighted by Gasteiger charge is 2.15. The van der Waals surface area contributed by atoms with Crippen LogP contribution in [0.1, 0.15) is 10.9 Å². The van der Waals surface area contributed by atoms with Gasteiger partial charge in [-0.15, -0.1) is 11.3 Å². The van der Waals surface area contributed by atoms with Gasteiger partial charge in [0.15, 0.2) is 5.11 Å². The third kappa shape index (κ3) is 4.97. The predicted molar refractivity (Wildman–Crippen MR) is 96.4 cm³/mol. The van der Waals surface area contributed by atoms with E-state index in [1.54, 1.807) is 11.3 Å². The molecule has 2 aromatic rings. The smallest absolute Gasteiger partial charge is 0.170 e. The Balaban J connectivity index is 1.90. The number of hydrogen-bond donors (Lipinski definition) is 2. The second kappa shape index (κ2) is 7.75. The molecule has 0 fully saturated rings. The molecule has 0 spiro atoms. The molecule has 1 heterocycles. The van der Waals surface area contributed by atoms with Gasteiger partial charge < -0.3 is 15.5 Å². The Kier molecular flexibility index (Phi) is 5.99. The minimum absolute atomic E-state index is 0.295. The van der Waals surface area contributed by atoms with Crippen LogP contribution in [0.3, 0.4) is 0 Å². The Bertz CT molecular complexity index is 584. The lowest BCUT2D eigenvalue weighted by Crippen LogP contribution is -2.36. The fourth-order valence-corrected chi connectivity index (χ4v) is 3.26. The molecule has 0 aliphatic carbocycles. The average Bonchev–Trinajstić information content (AvgIpc) is 2.92. The summed E-state index contributed by atoms with van der Waals surface area (Å²) in [7, 11) is 4.14. The van der Waals surface area contributed by atoms with Crippen molar-refractivity contribution in [2.24, 2.45) is 0 Å². The van der Waals surface area contributed by atoms with Gasteiger partial charge in [-0.25, -0.2) is 0 Å². The summed E-state index contributed by atoms with van der Waals surface area (Å²) in [5.74, 6) is 0. The monoisotopic (exact) mass is 339 g/mol. The number of likely N-dealkylation sites (N-methyl/N-ethyl adjacent to an activating group) is 1. The summed E-state index contributed by atoms with van der Waals surface area (Å²) in [6.45, 7) is 0.750. The fraction of sp³-hybridized carbons (Fsp3) is 0.267. The summed E-state index contributed by atoms with van der Waals surface area (Å²) in [4.78, 5) is 3.50. The van der Waals surface area contributed by atoms with Crippen LogP contribution < -0.4 is 10.6 Å². The first-order chi connectivity index (χ1) is 10.1. The Labute approximate surface area is 139 Å². The van der Waals surface area contributed by atoms with E-state index in [9.17, 15) is 0 Å². The number of thiophene rings is 1. The van der Waals surface area contributed by atoms with Gasteiger partial charge in [0.25, 0.3) is 0 Å². The van der Waals surface area contributed by atoms with Crippen molar-refractivity contribution in [1.82, 2.24) is 10.2 Å². The molecule has 0 amide bonds. The second-order valence-electron chi connectivity index (χ2n) is 4.84. The van der Waals surface area contributed by atoms with Gasteiger partial charge in [-0.1, -0.05) is 23.7 Å². The normalized spacial score (nSPS) is 12.2. The highest BCUT2D eigenvalue weighted by atomic mass is 35.5. The summed E-state index contributed by atoms with van der Waals surface area (Å²) in [5.41, 5.74) is 0.887. The summed E-state index contributed by atoms with van der Waals surface area (Å²) in [5, 5.41) is 9.78. The molecule has 0 radical (unpaired) electrons. The molecule has 2 N–H and O–H groups in total. The highest BCUT2D eigenvalue weighted by molar-refractivity contribution is 7.80. The zero-order valence-corrected chi connectivity index (χ0v) is 14.4. The average molecular weight is 340 g/mol. The number of halogens is 1. The lowest BCUT2D eigenvalue weighted by atomic mass is 10.2. The maximum absolute atomic E-state index is 5.96. The molecule has 0 bridgehead atoms. The number of rotatable bonds is 5. The van der Waals surface area contributed by atoms with E-state index in [2.05, 4.69) is 47.1 Å². The first kappa shape index (κ1) is 16.2. The number of nitrogens with zero attached hydrogens (tertiary/aromatic N) is 1. The van der Waals surface area contributed by atoms with E-state index in [1.807, 2.05) is 24.3 Å². The molecule has 1 aromatic carbocycles. The maximum atomic E-state index is 5.96. The van der Waals surface area contributed by atoms with Crippen LogP contribution in [0.15, 0.2) is 41.8 Å². The van der Waals surface area contributed by atoms with Crippen LogP contribution in [-0.4, -0.2) is 30.7 Å². The second-order valence-corrected chi connectivity index (χ2v) is 6.66. The van der Waals surface area contributed by atoms with Gasteiger partial charge in [0.05, 0.1) is 6.04 Å². The van der Waals surface area contributed by atoms with E-state index in [0.717, 1.165) is 12.2 Å². The van der Waals surface area contributed by atoms with Crippen LogP contribution in [0.4, 0.5) is 5.69 Å². The molecule has 112 valence electrons. The number of anilines is 1. The van der Waals surface area contributed by atoms with Crippen molar-refractivity contribution in [3.8, 4) is 0 Å². The van der Waals surface area contributed by atoms with Crippen molar-refractivity contribution in [2.45, 2.75) is 6.04 Å². The largest absolute Gasteiger partial charge is 0.360 e. The van der Waals surface area contributed by atoms with E-state index in [0.29, 0.717) is 16.2 Å². The molecule has 6 heteroatoms. The van der Waals surface area contributed by atoms with Gasteiger partial charge in [-0.3, -0.25) is 0 Å². The summed E-state index contributed by atoms with van der Waals surface area (Å²) in [6, 6.07) is 12.0. The molecule has 1 aromatic heterocycles. The molecule has 21 heavy (non-hydrogen) atoms. The Morgan fingerprint density at radius 1 is 1.33 bits per heavy atom. The predicted octanol–water partition coefficient (Wildman–Crippen LogP) is 3.99. The van der Waals surface area contributed by atoms with Crippen molar-refractivity contribution < 1.29 is 0 Å². The van der Waals surface area contributed by atoms with Gasteiger partial charge in [0.1, 0.15) is 0 Å². The van der Waals surface area contributed by atoms with Crippen LogP contribution >= 0.6 is 35.2 Å². The Hall–Kier alpha value is -1.14. The third-order valence-corrected chi connectivity index (χ3v) is 4.49. The van der Waals surface area contributed by atoms with Crippen LogP contribution in [-0.2, 0) is 0 Å². The molecular formula is C15H18ClN3S2. The minimum Gasteiger partial charge on any atom is -0.360 e. The lowest BCUT2D eigenvalue weighted by molar-refractivity contribution is 0.303. The summed E-state index contributed by atoms with van der Waals surface area (Å²) in [6.07, 6.45) is 0. The van der Waals surface area contributed by atoms with Crippen LogP contribution in [0.2, 0.25) is 5.02 Å². The molecular weight excluding hydrogens is 322 g/mol. The van der Waals surface area contributed by atoms with Crippen molar-refractivity contribution in [3.05, 3.63) is 51.7 Å². The topological polar surface area (TPSA) is 27.3 Å².